The minimum atomic E-state index is -2.70. The standard InChI is InChI=1S/C20H21N5O5.C4H9N3O2/c21-11-16(27)25(14-7-2-1-3-8-14)20(19(29)30,10-15(22)26)17(28)12-5-4-6-13(9-12)18(23)24;5-2(4(7)9)1-3(6)8/h1-9H,10-11,21H2,(H2,22,26)(H3,23,24)(H,29,30);2H,1,5H2,(H2,6,8)(H2,7,9)/t20-;2-/m01/s1. The van der Waals surface area contributed by atoms with Gasteiger partial charge in [-0.1, -0.05) is 36.4 Å². The Balaban J connectivity index is 0.000000724. The quantitative estimate of drug-likeness (QED) is 0.0604. The number of carbonyl (C=O) groups excluding carboxylic acids is 5. The van der Waals surface area contributed by atoms with Gasteiger partial charge in [-0.3, -0.25) is 34.3 Å². The van der Waals surface area contributed by atoms with Gasteiger partial charge in [-0.25, -0.2) is 4.79 Å². The summed E-state index contributed by atoms with van der Waals surface area (Å²) in [7, 11) is 0. The molecule has 0 spiro atoms. The molecule has 0 fully saturated rings. The van der Waals surface area contributed by atoms with E-state index in [9.17, 15) is 33.9 Å². The molecule has 0 aliphatic rings. The summed E-state index contributed by atoms with van der Waals surface area (Å²) < 4.78 is 0. The van der Waals surface area contributed by atoms with Crippen LogP contribution in [0.25, 0.3) is 0 Å². The third-order valence-electron chi connectivity index (χ3n) is 5.20. The zero-order valence-electron chi connectivity index (χ0n) is 20.7. The number of aliphatic carboxylic acids is 1. The van der Waals surface area contributed by atoms with Crippen LogP contribution in [0.3, 0.4) is 0 Å². The Labute approximate surface area is 222 Å². The number of amidine groups is 1. The number of hydrogen-bond donors (Lipinski definition) is 8. The number of benzene rings is 2. The van der Waals surface area contributed by atoms with Gasteiger partial charge in [0.25, 0.3) is 0 Å². The number of nitrogens with two attached hydrogens (primary N) is 6. The minimum Gasteiger partial charge on any atom is -0.479 e. The van der Waals surface area contributed by atoms with Crippen molar-refractivity contribution < 1.29 is 33.9 Å². The Morgan fingerprint density at radius 1 is 0.872 bits per heavy atom. The summed E-state index contributed by atoms with van der Waals surface area (Å²) in [5, 5.41) is 17.7. The van der Waals surface area contributed by atoms with Crippen molar-refractivity contribution in [2.24, 2.45) is 34.4 Å². The number of primary amides is 3. The van der Waals surface area contributed by atoms with Crippen molar-refractivity contribution >= 4 is 46.9 Å². The number of para-hydroxylation sites is 1. The molecule has 0 aliphatic carbocycles. The Morgan fingerprint density at radius 2 is 1.44 bits per heavy atom. The number of Topliss-reactive ketones (excluding diaryl/α,β-unsaturated/α-hetero) is 1. The molecule has 0 saturated carbocycles. The Kier molecular flexibility index (Phi) is 11.4. The molecule has 0 radical (unpaired) electrons. The highest BCUT2D eigenvalue weighted by molar-refractivity contribution is 6.24. The van der Waals surface area contributed by atoms with E-state index in [1.807, 2.05) is 0 Å². The number of rotatable bonds is 12. The van der Waals surface area contributed by atoms with Gasteiger partial charge in [-0.15, -0.1) is 0 Å². The van der Waals surface area contributed by atoms with Crippen molar-refractivity contribution in [2.45, 2.75) is 24.4 Å². The first-order valence-corrected chi connectivity index (χ1v) is 11.1. The van der Waals surface area contributed by atoms with Crippen LogP contribution in [-0.4, -0.2) is 64.4 Å². The van der Waals surface area contributed by atoms with Crippen LogP contribution < -0.4 is 39.3 Å². The molecule has 15 nitrogen and oxygen atoms in total. The first-order valence-electron chi connectivity index (χ1n) is 11.1. The van der Waals surface area contributed by atoms with E-state index in [0.717, 1.165) is 0 Å². The number of carboxylic acid groups (broad SMARTS) is 1. The molecule has 2 aromatic rings. The summed E-state index contributed by atoms with van der Waals surface area (Å²) in [6, 6.07) is 11.9. The highest BCUT2D eigenvalue weighted by Crippen LogP contribution is 2.32. The maximum absolute atomic E-state index is 13.5. The number of nitrogens with zero attached hydrogens (tertiary/aromatic N) is 1. The zero-order chi connectivity index (χ0) is 29.9. The molecule has 0 unspecified atom stereocenters. The predicted octanol–water partition coefficient (Wildman–Crippen LogP) is -2.48. The number of nitrogen functional groups attached to an aromatic ring is 1. The van der Waals surface area contributed by atoms with Crippen LogP contribution >= 0.6 is 0 Å². The average Bonchev–Trinajstić information content (AvgIpc) is 2.87. The molecular formula is C24H30N8O7. The van der Waals surface area contributed by atoms with Gasteiger partial charge in [0.05, 0.1) is 25.4 Å². The van der Waals surface area contributed by atoms with Gasteiger partial charge in [-0.05, 0) is 18.2 Å². The average molecular weight is 543 g/mol. The second-order valence-corrected chi connectivity index (χ2v) is 8.08. The molecule has 0 aliphatic heterocycles. The van der Waals surface area contributed by atoms with Gasteiger partial charge in [-0.2, -0.15) is 0 Å². The summed E-state index contributed by atoms with van der Waals surface area (Å²) in [5.74, 6) is -6.54. The van der Waals surface area contributed by atoms with E-state index >= 15 is 0 Å². The number of hydrogen-bond acceptors (Lipinski definition) is 9. The highest BCUT2D eigenvalue weighted by atomic mass is 16.4. The fourth-order valence-corrected chi connectivity index (χ4v) is 3.41. The van der Waals surface area contributed by atoms with Crippen LogP contribution in [0.1, 0.15) is 28.8 Å². The molecule has 0 bridgehead atoms. The van der Waals surface area contributed by atoms with E-state index in [2.05, 4.69) is 0 Å². The molecule has 39 heavy (non-hydrogen) atoms. The second kappa shape index (κ2) is 14.0. The lowest BCUT2D eigenvalue weighted by atomic mass is 9.82. The lowest BCUT2D eigenvalue weighted by molar-refractivity contribution is -0.145. The van der Waals surface area contributed by atoms with Crippen molar-refractivity contribution in [3.63, 3.8) is 0 Å². The molecule has 0 saturated heterocycles. The maximum atomic E-state index is 13.5. The highest BCUT2D eigenvalue weighted by Gasteiger charge is 2.55. The van der Waals surface area contributed by atoms with Gasteiger partial charge in [0.15, 0.2) is 0 Å². The van der Waals surface area contributed by atoms with E-state index < -0.39 is 59.9 Å². The van der Waals surface area contributed by atoms with Crippen molar-refractivity contribution in [1.29, 1.82) is 5.41 Å². The minimum absolute atomic E-state index is 0.0488. The topological polar surface area (TPSA) is 306 Å². The van der Waals surface area contributed by atoms with E-state index in [1.165, 1.54) is 48.5 Å². The lowest BCUT2D eigenvalue weighted by Gasteiger charge is -2.38. The summed E-state index contributed by atoms with van der Waals surface area (Å²) in [6.45, 7) is -0.622. The molecular weight excluding hydrogens is 512 g/mol. The van der Waals surface area contributed by atoms with Crippen LogP contribution in [0.2, 0.25) is 0 Å². The fourth-order valence-electron chi connectivity index (χ4n) is 3.41. The van der Waals surface area contributed by atoms with Gasteiger partial charge < -0.3 is 39.5 Å². The number of anilines is 1. The zero-order valence-corrected chi connectivity index (χ0v) is 20.7. The Hall–Kier alpha value is -5.15. The van der Waals surface area contributed by atoms with E-state index in [1.54, 1.807) is 6.07 Å². The molecule has 2 aromatic carbocycles. The van der Waals surface area contributed by atoms with Crippen LogP contribution in [-0.2, 0) is 24.0 Å². The summed E-state index contributed by atoms with van der Waals surface area (Å²) >= 11 is 0. The Bertz CT molecular complexity index is 1270. The van der Waals surface area contributed by atoms with Gasteiger partial charge in [0, 0.05) is 16.8 Å². The number of ketones is 1. The summed E-state index contributed by atoms with van der Waals surface area (Å²) in [6.07, 6.45) is -1.18. The molecule has 15 heteroatoms. The third-order valence-corrected chi connectivity index (χ3v) is 5.20. The smallest absolute Gasteiger partial charge is 0.338 e. The van der Waals surface area contributed by atoms with E-state index in [0.29, 0.717) is 4.90 Å². The van der Waals surface area contributed by atoms with Crippen LogP contribution in [0, 0.1) is 5.41 Å². The number of amides is 4. The third kappa shape index (κ3) is 8.17. The lowest BCUT2D eigenvalue weighted by Crippen LogP contribution is -2.65. The molecule has 2 rings (SSSR count). The van der Waals surface area contributed by atoms with Crippen molar-refractivity contribution in [3.05, 3.63) is 65.7 Å². The molecule has 208 valence electrons. The Morgan fingerprint density at radius 3 is 1.85 bits per heavy atom. The summed E-state index contributed by atoms with van der Waals surface area (Å²) in [4.78, 5) is 71.5. The monoisotopic (exact) mass is 542 g/mol. The van der Waals surface area contributed by atoms with Gasteiger partial charge in [0.2, 0.25) is 35.0 Å². The van der Waals surface area contributed by atoms with Gasteiger partial charge >= 0.3 is 5.97 Å². The SMILES string of the molecule is N=C(N)c1cccc(C(=O)[C@@](CC(N)=O)(C(=O)O)N(C(=O)CN)c2ccccc2)c1.NC(=O)C[C@@H](N)C(N)=O. The van der Waals surface area contributed by atoms with Crippen LogP contribution in [0.5, 0.6) is 0 Å². The van der Waals surface area contributed by atoms with Crippen molar-refractivity contribution in [1.82, 2.24) is 0 Å². The van der Waals surface area contributed by atoms with E-state index in [-0.39, 0.29) is 29.1 Å². The fraction of sp³-hybridized carbons (Fsp3) is 0.208. The molecule has 0 heterocycles. The van der Waals surface area contributed by atoms with Crippen LogP contribution in [0.4, 0.5) is 5.69 Å². The van der Waals surface area contributed by atoms with Crippen molar-refractivity contribution in [3.8, 4) is 0 Å². The maximum Gasteiger partial charge on any atom is 0.338 e. The second-order valence-electron chi connectivity index (χ2n) is 8.08. The molecule has 4 amide bonds. The molecule has 14 N–H and O–H groups in total. The summed E-state index contributed by atoms with van der Waals surface area (Å²) in [5.41, 5.74) is 28.0. The van der Waals surface area contributed by atoms with Crippen LogP contribution in [0.15, 0.2) is 54.6 Å². The first kappa shape index (κ1) is 31.9. The van der Waals surface area contributed by atoms with E-state index in [4.69, 9.17) is 39.8 Å². The largest absolute Gasteiger partial charge is 0.479 e. The van der Waals surface area contributed by atoms with Crippen molar-refractivity contribution in [2.75, 3.05) is 11.4 Å². The number of carbonyl (C=O) groups is 6. The number of carboxylic acids is 1. The predicted molar refractivity (Wildman–Crippen MR) is 140 cm³/mol. The first-order chi connectivity index (χ1) is 18.2. The molecule has 2 atom stereocenters. The normalized spacial score (nSPS) is 12.5. The molecule has 0 aromatic heterocycles. The van der Waals surface area contributed by atoms with Gasteiger partial charge in [0.1, 0.15) is 5.84 Å². The number of nitrogens with one attached hydrogen (secondary N) is 1.